The lowest BCUT2D eigenvalue weighted by atomic mass is 10.0. The molecule has 0 radical (unpaired) electrons. The zero-order valence-electron chi connectivity index (χ0n) is 13.5. The maximum atomic E-state index is 13.9. The summed E-state index contributed by atoms with van der Waals surface area (Å²) in [5.74, 6) is -1.41. The van der Waals surface area contributed by atoms with Crippen LogP contribution in [0.4, 0.5) is 17.6 Å². The zero-order chi connectivity index (χ0) is 18.9. The second-order valence-electron chi connectivity index (χ2n) is 5.74. The van der Waals surface area contributed by atoms with Crippen molar-refractivity contribution in [2.24, 2.45) is 0 Å². The molecule has 0 aliphatic carbocycles. The van der Waals surface area contributed by atoms with Crippen molar-refractivity contribution in [2.45, 2.75) is 19.1 Å². The Morgan fingerprint density at radius 2 is 2.08 bits per heavy atom. The number of alkyl halides is 3. The summed E-state index contributed by atoms with van der Waals surface area (Å²) in [6.45, 7) is 4.26. The fourth-order valence-corrected chi connectivity index (χ4v) is 2.65. The van der Waals surface area contributed by atoms with Crippen LogP contribution in [0, 0.1) is 5.82 Å². The van der Waals surface area contributed by atoms with Gasteiger partial charge in [0.25, 0.3) is 0 Å². The van der Waals surface area contributed by atoms with Crippen molar-refractivity contribution >= 4 is 5.91 Å². The van der Waals surface area contributed by atoms with Gasteiger partial charge in [-0.3, -0.25) is 9.78 Å². The topological polar surface area (TPSA) is 42.4 Å². The van der Waals surface area contributed by atoms with E-state index in [9.17, 15) is 22.4 Å². The van der Waals surface area contributed by atoms with Crippen LogP contribution < -0.4 is 4.74 Å². The Morgan fingerprint density at radius 3 is 2.73 bits per heavy atom. The van der Waals surface area contributed by atoms with Gasteiger partial charge >= 0.3 is 6.18 Å². The average Bonchev–Trinajstić information content (AvgIpc) is 2.61. The van der Waals surface area contributed by atoms with Crippen molar-refractivity contribution < 1.29 is 27.1 Å². The third-order valence-electron chi connectivity index (χ3n) is 4.00. The van der Waals surface area contributed by atoms with E-state index in [1.165, 1.54) is 12.3 Å². The van der Waals surface area contributed by atoms with Crippen molar-refractivity contribution in [3.05, 3.63) is 65.8 Å². The Kier molecular flexibility index (Phi) is 4.67. The van der Waals surface area contributed by atoms with E-state index in [2.05, 4.69) is 11.6 Å². The molecule has 0 unspecified atom stereocenters. The van der Waals surface area contributed by atoms with Crippen LogP contribution in [-0.2, 0) is 23.9 Å². The third kappa shape index (κ3) is 3.68. The Morgan fingerprint density at radius 1 is 1.31 bits per heavy atom. The van der Waals surface area contributed by atoms with Crippen LogP contribution in [0.25, 0.3) is 0 Å². The molecule has 2 heterocycles. The van der Waals surface area contributed by atoms with E-state index in [1.807, 2.05) is 0 Å². The van der Waals surface area contributed by atoms with Crippen LogP contribution in [0.5, 0.6) is 11.5 Å². The SMILES string of the molecule is C=CC(=O)N1CCc2cc(Oc3ccc(C(F)(F)F)cc3F)cnc2C1. The molecule has 1 aromatic carbocycles. The second-order valence-corrected chi connectivity index (χ2v) is 5.74. The van der Waals surface area contributed by atoms with E-state index < -0.39 is 17.6 Å². The van der Waals surface area contributed by atoms with Gasteiger partial charge in [0.2, 0.25) is 5.91 Å². The molecule has 136 valence electrons. The summed E-state index contributed by atoms with van der Waals surface area (Å²) in [4.78, 5) is 17.5. The normalized spacial score (nSPS) is 13.9. The zero-order valence-corrected chi connectivity index (χ0v) is 13.5. The number of halogens is 4. The van der Waals surface area contributed by atoms with Crippen molar-refractivity contribution in [3.8, 4) is 11.5 Å². The highest BCUT2D eigenvalue weighted by Crippen LogP contribution is 2.33. The Hall–Kier alpha value is -2.90. The molecule has 1 aliphatic heterocycles. The van der Waals surface area contributed by atoms with Gasteiger partial charge in [-0.2, -0.15) is 13.2 Å². The van der Waals surface area contributed by atoms with Crippen LogP contribution in [0.2, 0.25) is 0 Å². The van der Waals surface area contributed by atoms with E-state index in [1.54, 1.807) is 11.0 Å². The standard InChI is InChI=1S/C18H14F4N2O2/c1-2-17(25)24-6-5-11-7-13(9-23-15(11)10-24)26-16-4-3-12(8-14(16)19)18(20,21)22/h2-4,7-9H,1,5-6,10H2. The Balaban J connectivity index is 1.78. The molecular weight excluding hydrogens is 352 g/mol. The summed E-state index contributed by atoms with van der Waals surface area (Å²) in [7, 11) is 0. The summed E-state index contributed by atoms with van der Waals surface area (Å²) in [6, 6.07) is 3.72. The molecule has 1 aromatic heterocycles. The molecular formula is C18H14F4N2O2. The monoisotopic (exact) mass is 366 g/mol. The Bertz CT molecular complexity index is 865. The number of amides is 1. The predicted octanol–water partition coefficient (Wildman–Crippen LogP) is 4.10. The summed E-state index contributed by atoms with van der Waals surface area (Å²) in [5.41, 5.74) is 0.438. The average molecular weight is 366 g/mol. The van der Waals surface area contributed by atoms with Gasteiger partial charge in [-0.05, 0) is 42.3 Å². The maximum Gasteiger partial charge on any atom is 0.416 e. The van der Waals surface area contributed by atoms with Crippen LogP contribution >= 0.6 is 0 Å². The number of aromatic nitrogens is 1. The number of pyridine rings is 1. The fraction of sp³-hybridized carbons (Fsp3) is 0.222. The van der Waals surface area contributed by atoms with E-state index >= 15 is 0 Å². The largest absolute Gasteiger partial charge is 0.453 e. The lowest BCUT2D eigenvalue weighted by Crippen LogP contribution is -2.35. The van der Waals surface area contributed by atoms with Gasteiger partial charge in [-0.25, -0.2) is 4.39 Å². The van der Waals surface area contributed by atoms with Gasteiger partial charge in [0.05, 0.1) is 24.0 Å². The molecule has 0 bridgehead atoms. The molecule has 1 amide bonds. The Labute approximate surface area is 146 Å². The first-order valence-electron chi connectivity index (χ1n) is 7.71. The molecule has 1 aliphatic rings. The van der Waals surface area contributed by atoms with Gasteiger partial charge < -0.3 is 9.64 Å². The quantitative estimate of drug-likeness (QED) is 0.607. The van der Waals surface area contributed by atoms with E-state index in [0.29, 0.717) is 31.3 Å². The summed E-state index contributed by atoms with van der Waals surface area (Å²) in [6.07, 6.45) is -1.51. The number of carbonyl (C=O) groups excluding carboxylic acids is 1. The van der Waals surface area contributed by atoms with Crippen molar-refractivity contribution in [1.82, 2.24) is 9.88 Å². The third-order valence-corrected chi connectivity index (χ3v) is 4.00. The van der Waals surface area contributed by atoms with Gasteiger partial charge in [-0.1, -0.05) is 6.58 Å². The van der Waals surface area contributed by atoms with E-state index in [-0.39, 0.29) is 17.4 Å². The van der Waals surface area contributed by atoms with E-state index in [4.69, 9.17) is 4.74 Å². The number of nitrogens with zero attached hydrogens (tertiary/aromatic N) is 2. The number of ether oxygens (including phenoxy) is 1. The lowest BCUT2D eigenvalue weighted by molar-refractivity contribution is -0.137. The molecule has 0 spiro atoms. The highest BCUT2D eigenvalue weighted by Gasteiger charge is 2.31. The van der Waals surface area contributed by atoms with Crippen molar-refractivity contribution in [3.63, 3.8) is 0 Å². The molecule has 2 aromatic rings. The number of hydrogen-bond acceptors (Lipinski definition) is 3. The van der Waals surface area contributed by atoms with Gasteiger partial charge in [0, 0.05) is 6.54 Å². The van der Waals surface area contributed by atoms with Gasteiger partial charge in [0.15, 0.2) is 11.6 Å². The minimum atomic E-state index is -4.62. The molecule has 4 nitrogen and oxygen atoms in total. The first-order chi connectivity index (χ1) is 12.3. The maximum absolute atomic E-state index is 13.9. The molecule has 0 saturated heterocycles. The van der Waals surface area contributed by atoms with Crippen LogP contribution in [0.15, 0.2) is 43.1 Å². The minimum absolute atomic E-state index is 0.190. The molecule has 0 saturated carbocycles. The molecule has 0 atom stereocenters. The van der Waals surface area contributed by atoms with Crippen LogP contribution in [0.3, 0.4) is 0 Å². The lowest BCUT2D eigenvalue weighted by Gasteiger charge is -2.27. The fourth-order valence-electron chi connectivity index (χ4n) is 2.65. The van der Waals surface area contributed by atoms with Gasteiger partial charge in [-0.15, -0.1) is 0 Å². The highest BCUT2D eigenvalue weighted by molar-refractivity contribution is 5.87. The molecule has 0 N–H and O–H groups in total. The number of hydrogen-bond donors (Lipinski definition) is 0. The smallest absolute Gasteiger partial charge is 0.416 e. The first kappa shape index (κ1) is 17.9. The highest BCUT2D eigenvalue weighted by atomic mass is 19.4. The van der Waals surface area contributed by atoms with Gasteiger partial charge in [0.1, 0.15) is 5.75 Å². The molecule has 3 rings (SSSR count). The predicted molar refractivity (Wildman–Crippen MR) is 85.0 cm³/mol. The number of fused-ring (bicyclic) bond motifs is 1. The summed E-state index contributed by atoms with van der Waals surface area (Å²) >= 11 is 0. The van der Waals surface area contributed by atoms with E-state index in [0.717, 1.165) is 17.7 Å². The molecule has 26 heavy (non-hydrogen) atoms. The number of carbonyl (C=O) groups is 1. The van der Waals surface area contributed by atoms with Crippen molar-refractivity contribution in [1.29, 1.82) is 0 Å². The summed E-state index contributed by atoms with van der Waals surface area (Å²) < 4.78 is 57.0. The molecule has 8 heteroatoms. The van der Waals surface area contributed by atoms with Crippen LogP contribution in [-0.4, -0.2) is 22.3 Å². The summed E-state index contributed by atoms with van der Waals surface area (Å²) in [5, 5.41) is 0. The first-order valence-corrected chi connectivity index (χ1v) is 7.71. The van der Waals surface area contributed by atoms with Crippen LogP contribution in [0.1, 0.15) is 16.8 Å². The number of benzene rings is 1. The second kappa shape index (κ2) is 6.78. The molecule has 0 fully saturated rings. The van der Waals surface area contributed by atoms with Crippen molar-refractivity contribution in [2.75, 3.05) is 6.54 Å². The number of rotatable bonds is 3. The minimum Gasteiger partial charge on any atom is -0.453 e.